The number of aryl methyl sites for hydroxylation is 1. The Kier molecular flexibility index (Phi) is 6.82. The number of nitrogens with zero attached hydrogens (tertiary/aromatic N) is 2. The van der Waals surface area contributed by atoms with Crippen LogP contribution in [0.4, 0.5) is 15.9 Å². The Morgan fingerprint density at radius 3 is 2.36 bits per heavy atom. The summed E-state index contributed by atoms with van der Waals surface area (Å²) in [5.74, 6) is 0.0365. The number of rotatable bonds is 8. The van der Waals surface area contributed by atoms with E-state index in [1.807, 2.05) is 24.3 Å². The van der Waals surface area contributed by atoms with Crippen molar-refractivity contribution in [3.63, 3.8) is 0 Å². The van der Waals surface area contributed by atoms with Crippen molar-refractivity contribution in [2.45, 2.75) is 51.5 Å². The predicted molar refractivity (Wildman–Crippen MR) is 129 cm³/mol. The van der Waals surface area contributed by atoms with Crippen molar-refractivity contribution < 1.29 is 14.0 Å². The Bertz CT molecular complexity index is 1140. The number of halogens is 1. The zero-order valence-corrected chi connectivity index (χ0v) is 18.8. The summed E-state index contributed by atoms with van der Waals surface area (Å²) in [7, 11) is 0. The van der Waals surface area contributed by atoms with E-state index in [4.69, 9.17) is 5.73 Å². The van der Waals surface area contributed by atoms with E-state index in [9.17, 15) is 9.59 Å². The zero-order chi connectivity index (χ0) is 23.4. The molecule has 1 aliphatic rings. The lowest BCUT2D eigenvalue weighted by molar-refractivity contribution is -0.119. The molecule has 0 radical (unpaired) electrons. The average Bonchev–Trinajstić information content (AvgIpc) is 2.80. The average molecular weight is 446 g/mol. The van der Waals surface area contributed by atoms with Gasteiger partial charge < -0.3 is 10.6 Å². The van der Waals surface area contributed by atoms with Gasteiger partial charge in [0.1, 0.15) is 11.6 Å². The summed E-state index contributed by atoms with van der Waals surface area (Å²) < 4.78 is 15.0. The molecule has 0 aliphatic heterocycles. The molecular weight excluding hydrogens is 417 g/mol. The van der Waals surface area contributed by atoms with Crippen molar-refractivity contribution in [2.24, 2.45) is 0 Å². The van der Waals surface area contributed by atoms with Crippen LogP contribution in [0.1, 0.15) is 54.9 Å². The van der Waals surface area contributed by atoms with Crippen molar-refractivity contribution in [3.05, 3.63) is 77.7 Å². The first-order valence-electron chi connectivity index (χ1n) is 11.4. The molecule has 1 saturated carbocycles. The lowest BCUT2D eigenvalue weighted by Crippen LogP contribution is -2.44. The number of benzene rings is 2. The Morgan fingerprint density at radius 2 is 1.79 bits per heavy atom. The highest BCUT2D eigenvalue weighted by molar-refractivity contribution is 5.97. The number of nitrogens with two attached hydrogens (primary N) is 1. The Labute approximate surface area is 193 Å². The lowest BCUT2D eigenvalue weighted by atomic mass is 9.90. The minimum Gasteiger partial charge on any atom is -0.384 e. The molecule has 1 amide bonds. The van der Waals surface area contributed by atoms with Crippen LogP contribution < -0.4 is 10.6 Å². The second-order valence-corrected chi connectivity index (χ2v) is 8.46. The standard InChI is InChI=1S/C27H28FN3O2/c1-2-27(33)31(22-4-3-5-22)24-13-12-21(16-23(24)28)19-8-10-20(11-9-19)25(32)14-6-18-7-15-26(29)30-17-18/h7-13,15-17,22H,2-6,14H2,1H3,(H2,29,30). The number of aromatic nitrogens is 1. The van der Waals surface area contributed by atoms with Gasteiger partial charge in [0.15, 0.2) is 5.78 Å². The summed E-state index contributed by atoms with van der Waals surface area (Å²) in [5, 5.41) is 0. The van der Waals surface area contributed by atoms with Crippen molar-refractivity contribution >= 4 is 23.2 Å². The lowest BCUT2D eigenvalue weighted by Gasteiger charge is -2.37. The summed E-state index contributed by atoms with van der Waals surface area (Å²) in [6.45, 7) is 1.80. The summed E-state index contributed by atoms with van der Waals surface area (Å²) in [6, 6.07) is 15.9. The molecule has 1 fully saturated rings. The van der Waals surface area contributed by atoms with Gasteiger partial charge in [-0.25, -0.2) is 9.37 Å². The van der Waals surface area contributed by atoms with E-state index in [2.05, 4.69) is 4.98 Å². The van der Waals surface area contributed by atoms with Gasteiger partial charge in [0.2, 0.25) is 5.91 Å². The van der Waals surface area contributed by atoms with E-state index in [0.29, 0.717) is 41.9 Å². The van der Waals surface area contributed by atoms with Crippen LogP contribution in [0.2, 0.25) is 0 Å². The van der Waals surface area contributed by atoms with Crippen LogP contribution in [0, 0.1) is 5.82 Å². The van der Waals surface area contributed by atoms with Crippen LogP contribution in [0.25, 0.3) is 11.1 Å². The molecule has 4 rings (SSSR count). The van der Waals surface area contributed by atoms with Gasteiger partial charge in [-0.05, 0) is 60.6 Å². The predicted octanol–water partition coefficient (Wildman–Crippen LogP) is 5.58. The summed E-state index contributed by atoms with van der Waals surface area (Å²) >= 11 is 0. The molecule has 5 nitrogen and oxygen atoms in total. The second-order valence-electron chi connectivity index (χ2n) is 8.46. The maximum Gasteiger partial charge on any atom is 0.227 e. The monoisotopic (exact) mass is 445 g/mol. The van der Waals surface area contributed by atoms with Gasteiger partial charge in [-0.2, -0.15) is 0 Å². The number of carbonyl (C=O) groups excluding carboxylic acids is 2. The number of Topliss-reactive ketones (excluding diaryl/α,β-unsaturated/α-hetero) is 1. The maximum atomic E-state index is 15.0. The van der Waals surface area contributed by atoms with Gasteiger partial charge in [0.05, 0.1) is 5.69 Å². The van der Waals surface area contributed by atoms with E-state index in [-0.39, 0.29) is 17.7 Å². The first-order chi connectivity index (χ1) is 16.0. The largest absolute Gasteiger partial charge is 0.384 e. The molecule has 1 heterocycles. The maximum absolute atomic E-state index is 15.0. The van der Waals surface area contributed by atoms with Crippen molar-refractivity contribution in [3.8, 4) is 11.1 Å². The van der Waals surface area contributed by atoms with Crippen molar-refractivity contribution in [2.75, 3.05) is 10.6 Å². The first-order valence-corrected chi connectivity index (χ1v) is 11.4. The van der Waals surface area contributed by atoms with E-state index in [1.54, 1.807) is 42.3 Å². The summed E-state index contributed by atoms with van der Waals surface area (Å²) in [4.78, 5) is 30.7. The first kappa shape index (κ1) is 22.6. The molecule has 3 aromatic rings. The highest BCUT2D eigenvalue weighted by atomic mass is 19.1. The molecule has 170 valence electrons. The fourth-order valence-corrected chi connectivity index (χ4v) is 4.07. The highest BCUT2D eigenvalue weighted by Crippen LogP contribution is 2.34. The summed E-state index contributed by atoms with van der Waals surface area (Å²) in [5.41, 5.74) is 9.04. The number of hydrogen-bond acceptors (Lipinski definition) is 4. The molecule has 0 bridgehead atoms. The van der Waals surface area contributed by atoms with E-state index < -0.39 is 5.82 Å². The van der Waals surface area contributed by atoms with Crippen molar-refractivity contribution in [1.29, 1.82) is 0 Å². The Hall–Kier alpha value is -3.54. The van der Waals surface area contributed by atoms with Gasteiger partial charge in [-0.3, -0.25) is 9.59 Å². The van der Waals surface area contributed by atoms with Crippen LogP contribution in [-0.2, 0) is 11.2 Å². The molecule has 0 unspecified atom stereocenters. The third-order valence-corrected chi connectivity index (χ3v) is 6.25. The number of carbonyl (C=O) groups is 2. The number of anilines is 2. The van der Waals surface area contributed by atoms with Gasteiger partial charge in [0, 0.05) is 30.6 Å². The molecule has 0 spiro atoms. The fourth-order valence-electron chi connectivity index (χ4n) is 4.07. The quantitative estimate of drug-likeness (QED) is 0.459. The molecule has 1 aliphatic carbocycles. The molecular formula is C27H28FN3O2. The number of ketones is 1. The number of pyridine rings is 1. The van der Waals surface area contributed by atoms with Crippen molar-refractivity contribution in [1.82, 2.24) is 4.98 Å². The number of hydrogen-bond donors (Lipinski definition) is 1. The van der Waals surface area contributed by atoms with E-state index in [0.717, 1.165) is 30.4 Å². The summed E-state index contributed by atoms with van der Waals surface area (Å²) in [6.07, 6.45) is 5.89. The van der Waals surface area contributed by atoms with Crippen LogP contribution in [0.3, 0.4) is 0 Å². The Balaban J connectivity index is 1.46. The smallest absolute Gasteiger partial charge is 0.227 e. The zero-order valence-electron chi connectivity index (χ0n) is 18.8. The Morgan fingerprint density at radius 1 is 1.06 bits per heavy atom. The van der Waals surface area contributed by atoms with Crippen LogP contribution in [0.15, 0.2) is 60.8 Å². The minimum absolute atomic E-state index is 0.0362. The number of amides is 1. The normalized spacial score (nSPS) is 13.4. The molecule has 6 heteroatoms. The highest BCUT2D eigenvalue weighted by Gasteiger charge is 2.30. The van der Waals surface area contributed by atoms with E-state index in [1.165, 1.54) is 6.07 Å². The van der Waals surface area contributed by atoms with Crippen LogP contribution in [-0.4, -0.2) is 22.7 Å². The third kappa shape index (κ3) is 5.11. The van der Waals surface area contributed by atoms with Crippen LogP contribution >= 0.6 is 0 Å². The molecule has 2 aromatic carbocycles. The second kappa shape index (κ2) is 9.94. The van der Waals surface area contributed by atoms with Crippen LogP contribution in [0.5, 0.6) is 0 Å². The molecule has 1 aromatic heterocycles. The topological polar surface area (TPSA) is 76.3 Å². The number of nitrogen functional groups attached to an aromatic ring is 1. The molecule has 2 N–H and O–H groups in total. The third-order valence-electron chi connectivity index (χ3n) is 6.25. The van der Waals surface area contributed by atoms with Gasteiger partial charge in [-0.15, -0.1) is 0 Å². The molecule has 33 heavy (non-hydrogen) atoms. The van der Waals surface area contributed by atoms with Gasteiger partial charge >= 0.3 is 0 Å². The van der Waals surface area contributed by atoms with Gasteiger partial charge in [0.25, 0.3) is 0 Å². The van der Waals surface area contributed by atoms with Gasteiger partial charge in [-0.1, -0.05) is 43.3 Å². The minimum atomic E-state index is -0.404. The molecule has 0 saturated heterocycles. The molecule has 0 atom stereocenters. The fraction of sp³-hybridized carbons (Fsp3) is 0.296. The van der Waals surface area contributed by atoms with E-state index >= 15 is 4.39 Å². The SMILES string of the molecule is CCC(=O)N(c1ccc(-c2ccc(C(=O)CCc3ccc(N)nc3)cc2)cc1F)C1CCC1.